The number of allylic oxidation sites excluding steroid dienone is 1. The largest absolute Gasteiger partial charge is 0.379 e. The van der Waals surface area contributed by atoms with Crippen LogP contribution >= 0.6 is 0 Å². The maximum atomic E-state index is 11.0. The Kier molecular flexibility index (Phi) is 4.03. The normalized spacial score (nSPS) is 9.64. The van der Waals surface area contributed by atoms with Crippen LogP contribution in [0.2, 0.25) is 0 Å². The van der Waals surface area contributed by atoms with Crippen LogP contribution in [-0.4, -0.2) is 44.1 Å². The van der Waals surface area contributed by atoms with E-state index in [4.69, 9.17) is 0 Å². The molecule has 0 saturated heterocycles. The number of nitrogens with zero attached hydrogens (tertiary/aromatic N) is 2. The predicted octanol–water partition coefficient (Wildman–Crippen LogP) is -0.769. The highest BCUT2D eigenvalue weighted by Gasteiger charge is 2.05. The maximum absolute atomic E-state index is 11.0. The minimum atomic E-state index is -0.164. The molecule has 0 aromatic rings. The van der Waals surface area contributed by atoms with E-state index in [2.05, 4.69) is 0 Å². The molecule has 0 rings (SSSR count). The van der Waals surface area contributed by atoms with Crippen LogP contribution in [0.3, 0.4) is 0 Å². The third-order valence-corrected chi connectivity index (χ3v) is 1.07. The molecule has 0 radical (unpaired) electrons. The lowest BCUT2D eigenvalue weighted by Gasteiger charge is -2.17. The molecule has 0 aromatic heterocycles. The summed E-state index contributed by atoms with van der Waals surface area (Å²) >= 11 is 0. The number of hydrogen-bond acceptors (Lipinski definition) is 2. The highest BCUT2D eigenvalue weighted by Crippen LogP contribution is 1.89. The van der Waals surface area contributed by atoms with Gasteiger partial charge in [-0.3, -0.25) is 4.79 Å². The molecular formula is C6H11BN2O2. The minimum absolute atomic E-state index is 0.164. The molecule has 0 bridgehead atoms. The van der Waals surface area contributed by atoms with Gasteiger partial charge in [-0.25, -0.2) is 4.79 Å². The van der Waals surface area contributed by atoms with Crippen molar-refractivity contribution in [3.05, 3.63) is 12.3 Å². The van der Waals surface area contributed by atoms with Gasteiger partial charge in [0.25, 0.3) is 0 Å². The standard InChI is InChI=1S/C6H11BN2O2/c1-8(4-3-5-10)6(11)9(2)7/h3-5H,7H2,1-2H3/b4-3-. The number of hydrogen-bond donors (Lipinski definition) is 0. The quantitative estimate of drug-likeness (QED) is 0.297. The first-order chi connectivity index (χ1) is 5.09. The SMILES string of the molecule is BN(C)C(=O)N(C)/C=C\C=O. The Bertz CT molecular complexity index is 179. The summed E-state index contributed by atoms with van der Waals surface area (Å²) in [5, 5.41) is 0. The molecule has 0 aliphatic heterocycles. The van der Waals surface area contributed by atoms with Gasteiger partial charge in [-0.15, -0.1) is 0 Å². The molecule has 0 unspecified atom stereocenters. The van der Waals surface area contributed by atoms with Crippen LogP contribution in [0.1, 0.15) is 0 Å². The van der Waals surface area contributed by atoms with Gasteiger partial charge in [-0.1, -0.05) is 0 Å². The van der Waals surface area contributed by atoms with Crippen molar-refractivity contribution >= 4 is 20.3 Å². The molecule has 0 aromatic carbocycles. The Balaban J connectivity index is 4.02. The van der Waals surface area contributed by atoms with Crippen LogP contribution in [0.5, 0.6) is 0 Å². The highest BCUT2D eigenvalue weighted by molar-refractivity contribution is 6.13. The molecule has 4 nitrogen and oxygen atoms in total. The van der Waals surface area contributed by atoms with Gasteiger partial charge in [0.15, 0.2) is 0 Å². The zero-order valence-electron chi connectivity index (χ0n) is 6.94. The van der Waals surface area contributed by atoms with Gasteiger partial charge in [0.1, 0.15) is 6.29 Å². The first-order valence-corrected chi connectivity index (χ1v) is 3.15. The minimum Gasteiger partial charge on any atom is -0.379 e. The lowest BCUT2D eigenvalue weighted by Crippen LogP contribution is -2.33. The number of urea groups is 1. The Morgan fingerprint density at radius 2 is 2.00 bits per heavy atom. The van der Waals surface area contributed by atoms with E-state index in [1.54, 1.807) is 22.1 Å². The smallest absolute Gasteiger partial charge is 0.310 e. The van der Waals surface area contributed by atoms with E-state index in [9.17, 15) is 9.59 Å². The van der Waals surface area contributed by atoms with E-state index in [1.165, 1.54) is 22.0 Å². The lowest BCUT2D eigenvalue weighted by molar-refractivity contribution is -0.104. The summed E-state index contributed by atoms with van der Waals surface area (Å²) in [6, 6.07) is -0.164. The van der Waals surface area contributed by atoms with Crippen molar-refractivity contribution in [3.63, 3.8) is 0 Å². The number of carbonyl (C=O) groups excluding carboxylic acids is 2. The third kappa shape index (κ3) is 3.45. The molecule has 0 saturated carbocycles. The fraction of sp³-hybridized carbons (Fsp3) is 0.333. The van der Waals surface area contributed by atoms with Crippen LogP contribution in [0.4, 0.5) is 4.79 Å². The van der Waals surface area contributed by atoms with E-state index in [-0.39, 0.29) is 6.03 Å². The summed E-state index contributed by atoms with van der Waals surface area (Å²) in [7, 11) is 4.88. The molecule has 0 spiro atoms. The first-order valence-electron chi connectivity index (χ1n) is 3.15. The number of amides is 2. The summed E-state index contributed by atoms with van der Waals surface area (Å²) in [5.41, 5.74) is 0. The Morgan fingerprint density at radius 3 is 2.36 bits per heavy atom. The summed E-state index contributed by atoms with van der Waals surface area (Å²) < 4.78 is 0. The van der Waals surface area contributed by atoms with Crippen LogP contribution in [0.15, 0.2) is 12.3 Å². The summed E-state index contributed by atoms with van der Waals surface area (Å²) in [4.78, 5) is 23.7. The Hall–Kier alpha value is -1.26. The van der Waals surface area contributed by atoms with E-state index < -0.39 is 0 Å². The highest BCUT2D eigenvalue weighted by atomic mass is 16.2. The van der Waals surface area contributed by atoms with Crippen molar-refractivity contribution in [2.75, 3.05) is 14.1 Å². The van der Waals surface area contributed by atoms with Crippen LogP contribution in [0.25, 0.3) is 0 Å². The topological polar surface area (TPSA) is 40.6 Å². The van der Waals surface area contributed by atoms with Gasteiger partial charge in [-0.2, -0.15) is 0 Å². The average molecular weight is 154 g/mol. The monoisotopic (exact) mass is 154 g/mol. The number of rotatable bonds is 2. The molecule has 0 atom stereocenters. The van der Waals surface area contributed by atoms with E-state index in [1.807, 2.05) is 0 Å². The molecular weight excluding hydrogens is 143 g/mol. The van der Waals surface area contributed by atoms with E-state index >= 15 is 0 Å². The molecule has 11 heavy (non-hydrogen) atoms. The molecule has 0 N–H and O–H groups in total. The average Bonchev–Trinajstić information content (AvgIpc) is 1.98. The van der Waals surface area contributed by atoms with Crippen molar-refractivity contribution in [2.45, 2.75) is 0 Å². The third-order valence-electron chi connectivity index (χ3n) is 1.07. The summed E-state index contributed by atoms with van der Waals surface area (Å²) in [6.45, 7) is 0. The fourth-order valence-electron chi connectivity index (χ4n) is 0.543. The maximum Gasteiger partial charge on any atom is 0.310 e. The summed E-state index contributed by atoms with van der Waals surface area (Å²) in [5.74, 6) is 0. The van der Waals surface area contributed by atoms with E-state index in [0.717, 1.165) is 0 Å². The zero-order chi connectivity index (χ0) is 8.85. The van der Waals surface area contributed by atoms with Gasteiger partial charge >= 0.3 is 6.03 Å². The van der Waals surface area contributed by atoms with Crippen molar-refractivity contribution in [2.24, 2.45) is 0 Å². The molecule has 0 aliphatic rings. The van der Waals surface area contributed by atoms with Crippen LogP contribution < -0.4 is 0 Å². The van der Waals surface area contributed by atoms with Crippen molar-refractivity contribution in [1.82, 2.24) is 9.71 Å². The Labute approximate surface area is 66.9 Å². The van der Waals surface area contributed by atoms with Gasteiger partial charge in [0.2, 0.25) is 7.98 Å². The predicted molar refractivity (Wildman–Crippen MR) is 44.7 cm³/mol. The lowest BCUT2D eigenvalue weighted by atomic mass is 10.4. The van der Waals surface area contributed by atoms with Crippen molar-refractivity contribution in [1.29, 1.82) is 0 Å². The second-order valence-corrected chi connectivity index (χ2v) is 2.27. The fourth-order valence-corrected chi connectivity index (χ4v) is 0.543. The first kappa shape index (κ1) is 9.74. The van der Waals surface area contributed by atoms with Gasteiger partial charge in [-0.05, 0) is 13.1 Å². The summed E-state index contributed by atoms with van der Waals surface area (Å²) in [6.07, 6.45) is 3.30. The molecule has 0 heterocycles. The van der Waals surface area contributed by atoms with Crippen LogP contribution in [-0.2, 0) is 4.79 Å². The van der Waals surface area contributed by atoms with Crippen molar-refractivity contribution in [3.8, 4) is 0 Å². The molecule has 5 heteroatoms. The second kappa shape index (κ2) is 4.54. The number of aldehydes is 1. The molecule has 0 fully saturated rings. The van der Waals surface area contributed by atoms with Crippen LogP contribution in [0, 0.1) is 0 Å². The van der Waals surface area contributed by atoms with E-state index in [0.29, 0.717) is 6.29 Å². The van der Waals surface area contributed by atoms with Gasteiger partial charge in [0.05, 0.1) is 0 Å². The number of carbonyl (C=O) groups is 2. The Morgan fingerprint density at radius 1 is 1.45 bits per heavy atom. The van der Waals surface area contributed by atoms with Gasteiger partial charge < -0.3 is 9.71 Å². The van der Waals surface area contributed by atoms with Gasteiger partial charge in [0, 0.05) is 13.2 Å². The zero-order valence-corrected chi connectivity index (χ0v) is 6.94. The van der Waals surface area contributed by atoms with Crippen molar-refractivity contribution < 1.29 is 9.59 Å². The molecule has 2 amide bonds. The molecule has 0 aliphatic carbocycles. The molecule has 60 valence electrons. The second-order valence-electron chi connectivity index (χ2n) is 2.27.